The van der Waals surface area contributed by atoms with Gasteiger partial charge in [-0.15, -0.1) is 23.1 Å². The molecule has 1 amide bonds. The summed E-state index contributed by atoms with van der Waals surface area (Å²) in [5.41, 5.74) is 3.10. The van der Waals surface area contributed by atoms with Crippen LogP contribution in [-0.4, -0.2) is 44.5 Å². The number of carbonyl (C=O) groups is 2. The van der Waals surface area contributed by atoms with Gasteiger partial charge in [-0.25, -0.2) is 9.78 Å². The Kier molecular flexibility index (Phi) is 3.16. The second-order valence-corrected chi connectivity index (χ2v) is 6.05. The highest BCUT2D eigenvalue weighted by molar-refractivity contribution is 7.99. The number of fused-ring (bicyclic) bond motifs is 1. The average molecular weight is 294 g/mol. The van der Waals surface area contributed by atoms with E-state index in [0.29, 0.717) is 17.2 Å². The van der Waals surface area contributed by atoms with Crippen LogP contribution in [-0.2, 0) is 4.79 Å². The third-order valence-electron chi connectivity index (χ3n) is 3.01. The number of thiazole rings is 1. The highest BCUT2D eigenvalue weighted by atomic mass is 32.2. The van der Waals surface area contributed by atoms with Gasteiger partial charge in [0.1, 0.15) is 6.04 Å². The minimum Gasteiger partial charge on any atom is -0.480 e. The van der Waals surface area contributed by atoms with Gasteiger partial charge in [-0.3, -0.25) is 4.79 Å². The Hall–Kier alpha value is -1.60. The van der Waals surface area contributed by atoms with E-state index in [1.54, 1.807) is 23.7 Å². The summed E-state index contributed by atoms with van der Waals surface area (Å²) in [5.74, 6) is -0.301. The van der Waals surface area contributed by atoms with Gasteiger partial charge in [0.15, 0.2) is 0 Å². The van der Waals surface area contributed by atoms with E-state index in [2.05, 4.69) is 4.98 Å². The highest BCUT2D eigenvalue weighted by Gasteiger charge is 2.35. The van der Waals surface area contributed by atoms with Crippen molar-refractivity contribution in [3.63, 3.8) is 0 Å². The summed E-state index contributed by atoms with van der Waals surface area (Å²) >= 11 is 2.93. The standard InChI is InChI=1S/C12H10N2O3S2/c15-11(14-6-18-4-9(14)12(16)17)7-1-2-8-10(3-7)19-5-13-8/h1-3,5,9H,4,6H2,(H,16,17). The van der Waals surface area contributed by atoms with Crippen LogP contribution in [0.15, 0.2) is 23.7 Å². The quantitative estimate of drug-likeness (QED) is 0.916. The second kappa shape index (κ2) is 4.82. The van der Waals surface area contributed by atoms with E-state index in [-0.39, 0.29) is 5.91 Å². The first-order valence-electron chi connectivity index (χ1n) is 5.61. The molecule has 1 aliphatic heterocycles. The first-order chi connectivity index (χ1) is 9.16. The van der Waals surface area contributed by atoms with Gasteiger partial charge in [0.2, 0.25) is 0 Å². The molecular weight excluding hydrogens is 284 g/mol. The molecule has 1 aliphatic rings. The monoisotopic (exact) mass is 294 g/mol. The lowest BCUT2D eigenvalue weighted by atomic mass is 10.1. The smallest absolute Gasteiger partial charge is 0.327 e. The van der Waals surface area contributed by atoms with Crippen LogP contribution in [0.25, 0.3) is 10.2 Å². The van der Waals surface area contributed by atoms with E-state index < -0.39 is 12.0 Å². The Balaban J connectivity index is 1.92. The summed E-state index contributed by atoms with van der Waals surface area (Å²) in [5, 5.41) is 9.10. The van der Waals surface area contributed by atoms with Crippen molar-refractivity contribution in [1.82, 2.24) is 9.88 Å². The molecule has 0 aliphatic carbocycles. The Morgan fingerprint density at radius 2 is 2.26 bits per heavy atom. The average Bonchev–Trinajstić information content (AvgIpc) is 3.05. The molecule has 19 heavy (non-hydrogen) atoms. The van der Waals surface area contributed by atoms with E-state index in [4.69, 9.17) is 5.11 Å². The zero-order valence-electron chi connectivity index (χ0n) is 9.78. The predicted octanol–water partition coefficient (Wildman–Crippen LogP) is 1.90. The molecule has 5 nitrogen and oxygen atoms in total. The number of aliphatic carboxylic acids is 1. The van der Waals surface area contributed by atoms with Crippen molar-refractivity contribution < 1.29 is 14.7 Å². The van der Waals surface area contributed by atoms with Crippen molar-refractivity contribution in [2.45, 2.75) is 6.04 Å². The number of aromatic nitrogens is 1. The number of benzene rings is 1. The summed E-state index contributed by atoms with van der Waals surface area (Å²) in [6, 6.07) is 4.54. The maximum absolute atomic E-state index is 12.4. The van der Waals surface area contributed by atoms with Crippen LogP contribution in [0.1, 0.15) is 10.4 Å². The fourth-order valence-electron chi connectivity index (χ4n) is 2.00. The molecule has 1 saturated heterocycles. The van der Waals surface area contributed by atoms with Gasteiger partial charge in [0, 0.05) is 11.3 Å². The molecule has 1 N–H and O–H groups in total. The van der Waals surface area contributed by atoms with E-state index in [1.165, 1.54) is 28.0 Å². The molecule has 1 fully saturated rings. The molecule has 7 heteroatoms. The van der Waals surface area contributed by atoms with Crippen LogP contribution in [0.5, 0.6) is 0 Å². The number of nitrogens with zero attached hydrogens (tertiary/aromatic N) is 2. The molecule has 0 saturated carbocycles. The van der Waals surface area contributed by atoms with Crippen LogP contribution in [0.3, 0.4) is 0 Å². The third-order valence-corrected chi connectivity index (χ3v) is 4.81. The van der Waals surface area contributed by atoms with Crippen molar-refractivity contribution in [3.05, 3.63) is 29.3 Å². The summed E-state index contributed by atoms with van der Waals surface area (Å²) in [7, 11) is 0. The Morgan fingerprint density at radius 1 is 1.42 bits per heavy atom. The molecule has 1 atom stereocenters. The number of carboxylic acids is 1. The minimum atomic E-state index is -0.947. The van der Waals surface area contributed by atoms with E-state index in [0.717, 1.165) is 10.2 Å². The number of rotatable bonds is 2. The number of hydrogen-bond donors (Lipinski definition) is 1. The zero-order chi connectivity index (χ0) is 13.4. The van der Waals surface area contributed by atoms with Crippen LogP contribution in [0.2, 0.25) is 0 Å². The summed E-state index contributed by atoms with van der Waals surface area (Å²) in [6.07, 6.45) is 0. The van der Waals surface area contributed by atoms with Gasteiger partial charge < -0.3 is 10.0 Å². The molecule has 0 spiro atoms. The SMILES string of the molecule is O=C(O)C1CSCN1C(=O)c1ccc2ncsc2c1. The summed E-state index contributed by atoms with van der Waals surface area (Å²) in [6.45, 7) is 0. The zero-order valence-corrected chi connectivity index (χ0v) is 11.4. The largest absolute Gasteiger partial charge is 0.480 e. The predicted molar refractivity (Wildman–Crippen MR) is 74.5 cm³/mol. The first kappa shape index (κ1) is 12.4. The molecule has 2 aromatic rings. The summed E-state index contributed by atoms with van der Waals surface area (Å²) < 4.78 is 0.935. The Labute approximate surface area is 117 Å². The van der Waals surface area contributed by atoms with Crippen molar-refractivity contribution in [2.24, 2.45) is 0 Å². The maximum Gasteiger partial charge on any atom is 0.327 e. The van der Waals surface area contributed by atoms with Gasteiger partial charge in [-0.2, -0.15) is 0 Å². The highest BCUT2D eigenvalue weighted by Crippen LogP contribution is 2.25. The fourth-order valence-corrected chi connectivity index (χ4v) is 3.86. The van der Waals surface area contributed by atoms with Crippen molar-refractivity contribution in [3.8, 4) is 0 Å². The van der Waals surface area contributed by atoms with Crippen molar-refractivity contribution in [2.75, 3.05) is 11.6 Å². The van der Waals surface area contributed by atoms with Crippen LogP contribution in [0.4, 0.5) is 0 Å². The number of amides is 1. The lowest BCUT2D eigenvalue weighted by molar-refractivity contribution is -0.140. The van der Waals surface area contributed by atoms with Crippen molar-refractivity contribution >= 4 is 45.2 Å². The van der Waals surface area contributed by atoms with Gasteiger partial charge in [0.05, 0.1) is 21.6 Å². The molecule has 1 unspecified atom stereocenters. The summed E-state index contributed by atoms with van der Waals surface area (Å²) in [4.78, 5) is 29.0. The molecule has 2 heterocycles. The van der Waals surface area contributed by atoms with Crippen LogP contribution in [0, 0.1) is 0 Å². The van der Waals surface area contributed by atoms with Crippen molar-refractivity contribution in [1.29, 1.82) is 0 Å². The Bertz CT molecular complexity index is 655. The lowest BCUT2D eigenvalue weighted by Gasteiger charge is -2.20. The molecule has 1 aromatic heterocycles. The van der Waals surface area contributed by atoms with Gasteiger partial charge >= 0.3 is 5.97 Å². The Morgan fingerprint density at radius 3 is 3.05 bits per heavy atom. The van der Waals surface area contributed by atoms with Gasteiger partial charge in [-0.05, 0) is 18.2 Å². The van der Waals surface area contributed by atoms with Crippen LogP contribution < -0.4 is 0 Å². The normalized spacial score (nSPS) is 18.9. The molecule has 0 bridgehead atoms. The van der Waals surface area contributed by atoms with Gasteiger partial charge in [0.25, 0.3) is 5.91 Å². The number of carbonyl (C=O) groups excluding carboxylic acids is 1. The molecular formula is C12H10N2O3S2. The molecule has 98 valence electrons. The third kappa shape index (κ3) is 2.19. The molecule has 3 rings (SSSR count). The van der Waals surface area contributed by atoms with Gasteiger partial charge in [-0.1, -0.05) is 0 Å². The van der Waals surface area contributed by atoms with E-state index in [9.17, 15) is 9.59 Å². The number of carboxylic acid groups (broad SMARTS) is 1. The first-order valence-corrected chi connectivity index (χ1v) is 7.65. The second-order valence-electron chi connectivity index (χ2n) is 4.16. The lowest BCUT2D eigenvalue weighted by Crippen LogP contribution is -2.41. The molecule has 0 radical (unpaired) electrons. The molecule has 1 aromatic carbocycles. The van der Waals surface area contributed by atoms with E-state index >= 15 is 0 Å². The fraction of sp³-hybridized carbons (Fsp3) is 0.250. The van der Waals surface area contributed by atoms with Crippen LogP contribution >= 0.6 is 23.1 Å². The minimum absolute atomic E-state index is 0.229. The maximum atomic E-state index is 12.4. The number of hydrogen-bond acceptors (Lipinski definition) is 5. The topological polar surface area (TPSA) is 70.5 Å². The number of thioether (sulfide) groups is 1. The van der Waals surface area contributed by atoms with E-state index in [1.807, 2.05) is 0 Å².